The van der Waals surface area contributed by atoms with E-state index in [1.165, 1.54) is 13.0 Å². The van der Waals surface area contributed by atoms with Gasteiger partial charge in [-0.25, -0.2) is 0 Å². The number of hydrogen-bond acceptors (Lipinski definition) is 22. The van der Waals surface area contributed by atoms with Crippen molar-refractivity contribution in [3.8, 4) is 0 Å². The van der Waals surface area contributed by atoms with Gasteiger partial charge in [0.05, 0.1) is 80.1 Å². The van der Waals surface area contributed by atoms with Crippen LogP contribution >= 0.6 is 0 Å². The van der Waals surface area contributed by atoms with Gasteiger partial charge in [-0.3, -0.25) is 14.4 Å². The van der Waals surface area contributed by atoms with Crippen LogP contribution in [-0.4, -0.2) is 219 Å². The van der Waals surface area contributed by atoms with Crippen LogP contribution in [0.3, 0.4) is 0 Å². The molecule has 4 aliphatic heterocycles. The summed E-state index contributed by atoms with van der Waals surface area (Å²) >= 11 is 0. The first-order chi connectivity index (χ1) is 37.2. The summed E-state index contributed by atoms with van der Waals surface area (Å²) in [6.07, 6.45) is -5.88. The number of rotatable bonds is 7. The Bertz CT molecular complexity index is 2060. The van der Waals surface area contributed by atoms with Crippen LogP contribution in [-0.2, 0) is 42.8 Å². The number of aliphatic carboxylic acids is 1. The molecule has 3 saturated heterocycles. The second-order valence-corrected chi connectivity index (χ2v) is 21.4. The summed E-state index contributed by atoms with van der Waals surface area (Å²) in [6.45, 7) is 7.15. The number of carbonyl (C=O) groups excluding carboxylic acids is 2. The Morgan fingerprint density at radius 2 is 1.30 bits per heavy atom. The SMILES string of the molecule is CC(=O)N[C@@H]1C(OC2C(C)OC(OC3/C=C/C=C/C=C/C=C/CC/C=C/C=C/C(C)C(O)C(C)C(C)OC(=O)CC(O)CC(O)CC(O)CCC(O)C(O)CC4(O)CC(O)C(C(=O)O)C(C3)O4)[C@@H](O)[C@@H]2N)O[C@@H](CO)[C@H](O)[C@H]1O. The Hall–Kier alpha value is -3.87. The lowest BCUT2D eigenvalue weighted by Gasteiger charge is -2.48. The smallest absolute Gasteiger partial charge is 0.311 e. The van der Waals surface area contributed by atoms with E-state index in [0.29, 0.717) is 12.8 Å². The highest BCUT2D eigenvalue weighted by atomic mass is 16.7. The maximum atomic E-state index is 12.7. The molecule has 24 atom stereocenters. The lowest BCUT2D eigenvalue weighted by Crippen LogP contribution is -2.68. The van der Waals surface area contributed by atoms with Crippen molar-refractivity contribution in [2.45, 2.75) is 227 Å². The van der Waals surface area contributed by atoms with E-state index in [2.05, 4.69) is 5.32 Å². The van der Waals surface area contributed by atoms with Crippen LogP contribution in [0.5, 0.6) is 0 Å². The maximum absolute atomic E-state index is 12.7. The van der Waals surface area contributed by atoms with Gasteiger partial charge >= 0.3 is 11.9 Å². The molecule has 18 unspecified atom stereocenters. The number of nitrogens with two attached hydrogens (primary N) is 1. The third-order valence-corrected chi connectivity index (χ3v) is 14.8. The first-order valence-corrected chi connectivity index (χ1v) is 27.1. The molecule has 0 aromatic carbocycles. The molecule has 0 saturated carbocycles. The van der Waals surface area contributed by atoms with Crippen molar-refractivity contribution in [2.75, 3.05) is 6.61 Å². The van der Waals surface area contributed by atoms with Crippen LogP contribution < -0.4 is 11.1 Å². The minimum absolute atomic E-state index is 0.180. The number of allylic oxidation sites excluding steroid dienone is 10. The van der Waals surface area contributed by atoms with Crippen molar-refractivity contribution in [3.05, 3.63) is 72.9 Å². The van der Waals surface area contributed by atoms with Crippen LogP contribution in [0.25, 0.3) is 0 Å². The minimum atomic E-state index is -2.44. The molecule has 4 aliphatic rings. The molecular weight excluding hydrogens is 1040 g/mol. The number of ether oxygens (including phenoxy) is 6. The van der Waals surface area contributed by atoms with Crippen LogP contribution in [0.15, 0.2) is 72.9 Å². The number of carboxylic acids is 1. The van der Waals surface area contributed by atoms with Gasteiger partial charge in [0.25, 0.3) is 0 Å². The number of nitrogens with one attached hydrogen (secondary N) is 1. The fraction of sp³-hybridized carbons (Fsp3) is 0.727. The summed E-state index contributed by atoms with van der Waals surface area (Å²) < 4.78 is 35.6. The maximum Gasteiger partial charge on any atom is 0.311 e. The largest absolute Gasteiger partial charge is 0.481 e. The van der Waals surface area contributed by atoms with Gasteiger partial charge in [-0.1, -0.05) is 86.8 Å². The minimum Gasteiger partial charge on any atom is -0.481 e. The van der Waals surface area contributed by atoms with Crippen LogP contribution in [0.4, 0.5) is 0 Å². The van der Waals surface area contributed by atoms with Crippen molar-refractivity contribution in [2.24, 2.45) is 23.5 Å². The zero-order chi connectivity index (χ0) is 58.7. The predicted molar refractivity (Wildman–Crippen MR) is 281 cm³/mol. The highest BCUT2D eigenvalue weighted by Gasteiger charge is 2.53. The molecule has 0 aliphatic carbocycles. The number of cyclic esters (lactones) is 1. The zero-order valence-electron chi connectivity index (χ0n) is 45.6. The van der Waals surface area contributed by atoms with E-state index in [9.17, 15) is 80.8 Å². The van der Waals surface area contributed by atoms with Gasteiger partial charge in [-0.05, 0) is 52.4 Å². The standard InChI is InChI=1S/C55H88N2O22/c1-29-18-16-14-12-10-8-6-7-9-11-13-15-17-19-37(76-54-49(69)45(56)51(32(4)75-54)78-53-46(57-33(5)59)50(70)48(68)42(28-58)77-53)25-41-44(52(71)72)40(65)27-55(73,79-41)26-39(64)38(63)21-20-34(60)22-35(61)23-36(62)24-43(66)74-31(3)30(2)47(29)67/h6-7,9,11-19,29-32,34-42,44-51,53-54,58,60-65,67-70,73H,8,10,20-28,56H2,1-5H3,(H,57,59)(H,71,72)/b7-6+,11-9+,14-12+,15-13+,18-16+,19-17+/t29?,30?,31?,32?,34?,35?,36?,37?,38?,39?,40?,41?,42-,44?,45-,46-,47?,48-,49-,50-,51?,53?,54?,55?/m0/s1. The van der Waals surface area contributed by atoms with E-state index >= 15 is 0 Å². The van der Waals surface area contributed by atoms with Crippen LogP contribution in [0, 0.1) is 17.8 Å². The molecule has 4 heterocycles. The highest BCUT2D eigenvalue weighted by molar-refractivity contribution is 5.73. The topological polar surface area (TPSA) is 408 Å². The van der Waals surface area contributed by atoms with Crippen molar-refractivity contribution in [1.29, 1.82) is 0 Å². The number of amides is 1. The molecule has 4 rings (SSSR count). The van der Waals surface area contributed by atoms with E-state index in [0.717, 1.165) is 6.92 Å². The number of esters is 1. The second-order valence-electron chi connectivity index (χ2n) is 21.4. The number of aliphatic hydroxyl groups excluding tert-OH is 11. The molecule has 24 nitrogen and oxygen atoms in total. The fourth-order valence-electron chi connectivity index (χ4n) is 10.0. The Labute approximate surface area is 461 Å². The molecular formula is C55H88N2O22. The Balaban J connectivity index is 1.58. The third kappa shape index (κ3) is 21.1. The van der Waals surface area contributed by atoms with E-state index < -0.39 is 190 Å². The van der Waals surface area contributed by atoms with Gasteiger partial charge in [-0.2, -0.15) is 0 Å². The third-order valence-electron chi connectivity index (χ3n) is 14.8. The molecule has 24 heteroatoms. The molecule has 450 valence electrons. The summed E-state index contributed by atoms with van der Waals surface area (Å²) in [4.78, 5) is 37.5. The number of fused-ring (bicyclic) bond motifs is 2. The summed E-state index contributed by atoms with van der Waals surface area (Å²) in [5.74, 6) is -7.75. The average molecular weight is 1130 g/mol. The van der Waals surface area contributed by atoms with E-state index in [4.69, 9.17) is 34.2 Å². The summed E-state index contributed by atoms with van der Waals surface area (Å²) in [6, 6.07) is -2.68. The van der Waals surface area contributed by atoms with Gasteiger partial charge < -0.3 is 106 Å². The molecule has 3 fully saturated rings. The van der Waals surface area contributed by atoms with Crippen molar-refractivity contribution in [3.63, 3.8) is 0 Å². The molecule has 0 radical (unpaired) electrons. The first kappa shape index (κ1) is 67.6. The lowest BCUT2D eigenvalue weighted by molar-refractivity contribution is -0.331. The molecule has 0 aromatic heterocycles. The molecule has 2 bridgehead atoms. The number of aliphatic hydroxyl groups is 12. The highest BCUT2D eigenvalue weighted by Crippen LogP contribution is 2.39. The molecule has 16 N–H and O–H groups in total. The Morgan fingerprint density at radius 1 is 0.696 bits per heavy atom. The molecule has 0 aromatic rings. The number of carbonyl (C=O) groups is 3. The summed E-state index contributed by atoms with van der Waals surface area (Å²) in [5, 5.41) is 143. The summed E-state index contributed by atoms with van der Waals surface area (Å²) in [7, 11) is 0. The van der Waals surface area contributed by atoms with Gasteiger partial charge in [0.2, 0.25) is 5.91 Å². The number of carboxylic acid groups (broad SMARTS) is 1. The van der Waals surface area contributed by atoms with Gasteiger partial charge in [0, 0.05) is 38.0 Å². The quantitative estimate of drug-likeness (QED) is 0.135. The molecule has 1 amide bonds. The average Bonchev–Trinajstić information content (AvgIpc) is 3.36. The second kappa shape index (κ2) is 32.7. The normalized spacial score (nSPS) is 45.1. The monoisotopic (exact) mass is 1130 g/mol. The first-order valence-electron chi connectivity index (χ1n) is 27.1. The van der Waals surface area contributed by atoms with Crippen LogP contribution in [0.2, 0.25) is 0 Å². The van der Waals surface area contributed by atoms with Crippen LogP contribution in [0.1, 0.15) is 98.8 Å². The lowest BCUT2D eigenvalue weighted by atomic mass is 9.82. The van der Waals surface area contributed by atoms with E-state index in [-0.39, 0.29) is 31.6 Å². The molecule has 79 heavy (non-hydrogen) atoms. The van der Waals surface area contributed by atoms with Gasteiger partial charge in [0.1, 0.15) is 48.6 Å². The van der Waals surface area contributed by atoms with E-state index in [1.54, 1.807) is 44.2 Å². The van der Waals surface area contributed by atoms with Crippen molar-refractivity contribution < 1.29 is 109 Å². The summed E-state index contributed by atoms with van der Waals surface area (Å²) in [5.41, 5.74) is 6.54. The zero-order valence-corrected chi connectivity index (χ0v) is 45.6. The van der Waals surface area contributed by atoms with E-state index in [1.807, 2.05) is 43.4 Å². The van der Waals surface area contributed by atoms with Gasteiger partial charge in [0.15, 0.2) is 18.4 Å². The number of hydrogen-bond donors (Lipinski definition) is 15. The molecule has 0 spiro atoms. The van der Waals surface area contributed by atoms with Crippen molar-refractivity contribution in [1.82, 2.24) is 5.32 Å². The van der Waals surface area contributed by atoms with Crippen molar-refractivity contribution >= 4 is 17.8 Å². The predicted octanol–water partition coefficient (Wildman–Crippen LogP) is -1.10. The Kier molecular flexibility index (Phi) is 28.0. The van der Waals surface area contributed by atoms with Gasteiger partial charge in [-0.15, -0.1) is 0 Å². The Morgan fingerprint density at radius 3 is 1.95 bits per heavy atom. The fourth-order valence-corrected chi connectivity index (χ4v) is 10.0.